The molecular weight excluding hydrogens is 196 g/mol. The molecule has 0 aliphatic carbocycles. The predicted molar refractivity (Wildman–Crippen MR) is 67.0 cm³/mol. The lowest BCUT2D eigenvalue weighted by Crippen LogP contribution is -2.19. The highest BCUT2D eigenvalue weighted by molar-refractivity contribution is 5.83. The summed E-state index contributed by atoms with van der Waals surface area (Å²) < 4.78 is 0. The molecule has 80 valence electrons. The highest BCUT2D eigenvalue weighted by Crippen LogP contribution is 2.27. The standard InChI is InChI=1S/C15H14O/c1-3-10-15(2,16)14-9-8-12-6-4-5-7-13(12)11-14/h1,4-9,11,16H,10H2,2H3/t15-/m1/s1. The SMILES string of the molecule is C#CC[C@@](C)(O)c1ccc2ccccc2c1. The van der Waals surface area contributed by atoms with Crippen molar-refractivity contribution in [3.63, 3.8) is 0 Å². The van der Waals surface area contributed by atoms with Crippen molar-refractivity contribution in [1.82, 2.24) is 0 Å². The van der Waals surface area contributed by atoms with E-state index in [4.69, 9.17) is 6.42 Å². The lowest BCUT2D eigenvalue weighted by atomic mass is 9.91. The molecule has 0 aromatic heterocycles. The quantitative estimate of drug-likeness (QED) is 0.755. The summed E-state index contributed by atoms with van der Waals surface area (Å²) in [5.41, 5.74) is -0.0807. The Morgan fingerprint density at radius 1 is 1.19 bits per heavy atom. The third kappa shape index (κ3) is 1.93. The Morgan fingerprint density at radius 3 is 2.56 bits per heavy atom. The van der Waals surface area contributed by atoms with Gasteiger partial charge in [-0.15, -0.1) is 12.3 Å². The predicted octanol–water partition coefficient (Wildman–Crippen LogP) is 3.07. The summed E-state index contributed by atoms with van der Waals surface area (Å²) in [6.45, 7) is 1.75. The molecule has 0 bridgehead atoms. The number of hydrogen-bond acceptors (Lipinski definition) is 1. The number of hydrogen-bond donors (Lipinski definition) is 1. The Balaban J connectivity index is 2.51. The molecule has 2 aromatic rings. The average molecular weight is 210 g/mol. The average Bonchev–Trinajstić information content (AvgIpc) is 2.28. The fraction of sp³-hybridized carbons (Fsp3) is 0.200. The van der Waals surface area contributed by atoms with E-state index in [1.165, 1.54) is 5.39 Å². The van der Waals surface area contributed by atoms with E-state index in [1.54, 1.807) is 6.92 Å². The minimum Gasteiger partial charge on any atom is -0.384 e. The summed E-state index contributed by atoms with van der Waals surface area (Å²) in [5.74, 6) is 2.50. The highest BCUT2D eigenvalue weighted by Gasteiger charge is 2.21. The van der Waals surface area contributed by atoms with Gasteiger partial charge in [-0.3, -0.25) is 0 Å². The van der Waals surface area contributed by atoms with Gasteiger partial charge in [-0.25, -0.2) is 0 Å². The van der Waals surface area contributed by atoms with Crippen molar-refractivity contribution in [2.75, 3.05) is 0 Å². The lowest BCUT2D eigenvalue weighted by molar-refractivity contribution is 0.0631. The third-order valence-corrected chi connectivity index (χ3v) is 2.82. The molecule has 0 unspecified atom stereocenters. The van der Waals surface area contributed by atoms with Gasteiger partial charge in [0.05, 0.1) is 5.60 Å². The van der Waals surface area contributed by atoms with Gasteiger partial charge >= 0.3 is 0 Å². The Hall–Kier alpha value is -1.78. The molecule has 0 radical (unpaired) electrons. The van der Waals surface area contributed by atoms with Crippen LogP contribution in [0.4, 0.5) is 0 Å². The summed E-state index contributed by atoms with van der Waals surface area (Å²) >= 11 is 0. The zero-order valence-electron chi connectivity index (χ0n) is 9.27. The molecule has 1 heteroatoms. The first-order chi connectivity index (χ1) is 7.63. The highest BCUT2D eigenvalue weighted by atomic mass is 16.3. The molecule has 2 rings (SSSR count). The minimum absolute atomic E-state index is 0.325. The van der Waals surface area contributed by atoms with Gasteiger partial charge in [0.2, 0.25) is 0 Å². The van der Waals surface area contributed by atoms with Gasteiger partial charge < -0.3 is 5.11 Å². The van der Waals surface area contributed by atoms with Gasteiger partial charge in [0, 0.05) is 6.42 Å². The van der Waals surface area contributed by atoms with Crippen LogP contribution in [0.2, 0.25) is 0 Å². The first-order valence-electron chi connectivity index (χ1n) is 5.28. The summed E-state index contributed by atoms with van der Waals surface area (Å²) in [6.07, 6.45) is 5.58. The topological polar surface area (TPSA) is 20.2 Å². The van der Waals surface area contributed by atoms with Crippen LogP contribution >= 0.6 is 0 Å². The van der Waals surface area contributed by atoms with E-state index in [2.05, 4.69) is 12.0 Å². The van der Waals surface area contributed by atoms with Gasteiger partial charge in [-0.05, 0) is 29.3 Å². The summed E-state index contributed by atoms with van der Waals surface area (Å²) in [4.78, 5) is 0. The van der Waals surface area contributed by atoms with Gasteiger partial charge in [0.25, 0.3) is 0 Å². The van der Waals surface area contributed by atoms with E-state index in [1.807, 2.05) is 36.4 Å². The molecule has 16 heavy (non-hydrogen) atoms. The van der Waals surface area contributed by atoms with Crippen LogP contribution in [0, 0.1) is 12.3 Å². The molecule has 1 N–H and O–H groups in total. The number of benzene rings is 2. The van der Waals surface area contributed by atoms with E-state index >= 15 is 0 Å². The fourth-order valence-corrected chi connectivity index (χ4v) is 1.83. The van der Waals surface area contributed by atoms with Crippen LogP contribution in [-0.2, 0) is 5.60 Å². The number of rotatable bonds is 2. The molecule has 2 aromatic carbocycles. The van der Waals surface area contributed by atoms with Gasteiger partial charge in [0.15, 0.2) is 0 Å². The third-order valence-electron chi connectivity index (χ3n) is 2.82. The maximum Gasteiger partial charge on any atom is 0.0977 e. The van der Waals surface area contributed by atoms with Crippen LogP contribution < -0.4 is 0 Å². The molecule has 0 spiro atoms. The van der Waals surface area contributed by atoms with Crippen molar-refractivity contribution in [2.24, 2.45) is 0 Å². The summed E-state index contributed by atoms with van der Waals surface area (Å²) in [7, 11) is 0. The van der Waals surface area contributed by atoms with Crippen molar-refractivity contribution >= 4 is 10.8 Å². The number of fused-ring (bicyclic) bond motifs is 1. The van der Waals surface area contributed by atoms with Crippen molar-refractivity contribution in [3.8, 4) is 12.3 Å². The maximum absolute atomic E-state index is 10.2. The summed E-state index contributed by atoms with van der Waals surface area (Å²) in [6, 6.07) is 14.0. The zero-order valence-corrected chi connectivity index (χ0v) is 9.27. The molecule has 0 amide bonds. The smallest absolute Gasteiger partial charge is 0.0977 e. The van der Waals surface area contributed by atoms with Crippen LogP contribution in [0.25, 0.3) is 10.8 Å². The molecule has 0 heterocycles. The molecule has 0 fully saturated rings. The van der Waals surface area contributed by atoms with E-state index in [0.29, 0.717) is 6.42 Å². The largest absolute Gasteiger partial charge is 0.384 e. The number of terminal acetylenes is 1. The first kappa shape index (κ1) is 10.7. The van der Waals surface area contributed by atoms with Crippen molar-refractivity contribution < 1.29 is 5.11 Å². The molecular formula is C15H14O. The van der Waals surface area contributed by atoms with E-state index in [9.17, 15) is 5.11 Å². The number of aliphatic hydroxyl groups is 1. The second kappa shape index (κ2) is 4.00. The lowest BCUT2D eigenvalue weighted by Gasteiger charge is -2.21. The minimum atomic E-state index is -0.946. The molecule has 1 atom stereocenters. The van der Waals surface area contributed by atoms with Gasteiger partial charge in [0.1, 0.15) is 0 Å². The monoisotopic (exact) mass is 210 g/mol. The Bertz CT molecular complexity index is 547. The molecule has 0 saturated heterocycles. The Morgan fingerprint density at radius 2 is 1.88 bits per heavy atom. The molecule has 0 aliphatic rings. The van der Waals surface area contributed by atoms with E-state index in [-0.39, 0.29) is 0 Å². The van der Waals surface area contributed by atoms with Crippen LogP contribution in [0.15, 0.2) is 42.5 Å². The van der Waals surface area contributed by atoms with Crippen LogP contribution in [0.5, 0.6) is 0 Å². The van der Waals surface area contributed by atoms with Crippen LogP contribution in [0.3, 0.4) is 0 Å². The van der Waals surface area contributed by atoms with E-state index < -0.39 is 5.60 Å². The van der Waals surface area contributed by atoms with E-state index in [0.717, 1.165) is 10.9 Å². The second-order valence-corrected chi connectivity index (χ2v) is 4.22. The molecule has 1 nitrogen and oxygen atoms in total. The van der Waals surface area contributed by atoms with Gasteiger partial charge in [-0.2, -0.15) is 0 Å². The second-order valence-electron chi connectivity index (χ2n) is 4.22. The fourth-order valence-electron chi connectivity index (χ4n) is 1.83. The van der Waals surface area contributed by atoms with Crippen LogP contribution in [-0.4, -0.2) is 5.11 Å². The van der Waals surface area contributed by atoms with Crippen molar-refractivity contribution in [3.05, 3.63) is 48.0 Å². The summed E-state index contributed by atoms with van der Waals surface area (Å²) in [5, 5.41) is 12.5. The zero-order chi connectivity index (χ0) is 11.6. The molecule has 0 saturated carbocycles. The Labute approximate surface area is 95.7 Å². The van der Waals surface area contributed by atoms with Gasteiger partial charge in [-0.1, -0.05) is 36.4 Å². The van der Waals surface area contributed by atoms with Crippen molar-refractivity contribution in [1.29, 1.82) is 0 Å². The molecule has 0 aliphatic heterocycles. The normalized spacial score (nSPS) is 14.3. The van der Waals surface area contributed by atoms with Crippen LogP contribution in [0.1, 0.15) is 18.9 Å². The Kier molecular flexibility index (Phi) is 2.68. The maximum atomic E-state index is 10.2. The van der Waals surface area contributed by atoms with Crippen molar-refractivity contribution in [2.45, 2.75) is 18.9 Å². The first-order valence-corrected chi connectivity index (χ1v) is 5.28.